The predicted molar refractivity (Wildman–Crippen MR) is 98.6 cm³/mol. The molecule has 0 saturated carbocycles. The summed E-state index contributed by atoms with van der Waals surface area (Å²) in [5, 5.41) is 2.63. The second-order valence-electron chi connectivity index (χ2n) is 6.97. The Morgan fingerprint density at radius 1 is 0.875 bits per heavy atom. The fraction of sp³-hybridized carbons (Fsp3) is 0.333. The molecular weight excluding hydrogens is 294 g/mol. The van der Waals surface area contributed by atoms with Gasteiger partial charge in [0.1, 0.15) is 0 Å². The van der Waals surface area contributed by atoms with Gasteiger partial charge >= 0.3 is 0 Å². The summed E-state index contributed by atoms with van der Waals surface area (Å²) in [5.41, 5.74) is 6.39. The largest absolute Gasteiger partial charge is 0.341 e. The molecule has 3 nitrogen and oxygen atoms in total. The highest BCUT2D eigenvalue weighted by Crippen LogP contribution is 2.36. The van der Waals surface area contributed by atoms with Crippen molar-refractivity contribution in [3.63, 3.8) is 0 Å². The molecule has 5 rings (SSSR count). The van der Waals surface area contributed by atoms with Crippen molar-refractivity contribution in [2.45, 2.75) is 32.6 Å². The van der Waals surface area contributed by atoms with E-state index in [1.165, 1.54) is 46.0 Å². The highest BCUT2D eigenvalue weighted by molar-refractivity contribution is 5.98. The minimum atomic E-state index is 0.932. The van der Waals surface area contributed by atoms with Crippen molar-refractivity contribution >= 4 is 16.7 Å². The van der Waals surface area contributed by atoms with E-state index in [0.717, 1.165) is 37.6 Å². The maximum absolute atomic E-state index is 5.03. The molecule has 3 heteroatoms. The van der Waals surface area contributed by atoms with E-state index in [1.54, 1.807) is 0 Å². The molecule has 120 valence electrons. The number of hydrogen-bond donors (Lipinski definition) is 0. The highest BCUT2D eigenvalue weighted by atomic mass is 15.3. The Balaban J connectivity index is 1.78. The lowest BCUT2D eigenvalue weighted by molar-refractivity contribution is 0.599. The van der Waals surface area contributed by atoms with E-state index in [-0.39, 0.29) is 0 Å². The standard InChI is InChI=1S/C21H21N3/c1-14-10-11-17(16-7-3-2-6-15(14)16)20-18-8-4-9-19(18)22-21(23-20)24-12-5-13-24/h2-3,6-7,10-11H,4-5,8-9,12-13H2,1H3. The monoisotopic (exact) mass is 315 g/mol. The zero-order valence-corrected chi connectivity index (χ0v) is 14.0. The first-order chi connectivity index (χ1) is 11.8. The summed E-state index contributed by atoms with van der Waals surface area (Å²) >= 11 is 0. The number of aromatic nitrogens is 2. The van der Waals surface area contributed by atoms with E-state index in [9.17, 15) is 0 Å². The van der Waals surface area contributed by atoms with Crippen molar-refractivity contribution < 1.29 is 0 Å². The third kappa shape index (κ3) is 2.04. The molecule has 0 unspecified atom stereocenters. The number of aryl methyl sites for hydroxylation is 2. The van der Waals surface area contributed by atoms with Gasteiger partial charge in [0.2, 0.25) is 5.95 Å². The van der Waals surface area contributed by atoms with Crippen LogP contribution in [0.25, 0.3) is 22.0 Å². The molecule has 2 heterocycles. The number of anilines is 1. The van der Waals surface area contributed by atoms with Crippen molar-refractivity contribution in [3.05, 3.63) is 53.2 Å². The predicted octanol–water partition coefficient (Wildman–Crippen LogP) is 4.30. The third-order valence-corrected chi connectivity index (χ3v) is 5.46. The third-order valence-electron chi connectivity index (χ3n) is 5.46. The summed E-state index contributed by atoms with van der Waals surface area (Å²) in [4.78, 5) is 12.2. The molecule has 2 aromatic carbocycles. The van der Waals surface area contributed by atoms with E-state index >= 15 is 0 Å². The van der Waals surface area contributed by atoms with E-state index in [0.29, 0.717) is 0 Å². The van der Waals surface area contributed by atoms with E-state index in [1.807, 2.05) is 0 Å². The van der Waals surface area contributed by atoms with Crippen LogP contribution in [0.1, 0.15) is 29.7 Å². The van der Waals surface area contributed by atoms with Gasteiger partial charge in [-0.3, -0.25) is 0 Å². The zero-order valence-electron chi connectivity index (χ0n) is 14.0. The van der Waals surface area contributed by atoms with Crippen LogP contribution < -0.4 is 4.90 Å². The lowest BCUT2D eigenvalue weighted by atomic mass is 9.96. The van der Waals surface area contributed by atoms with Crippen LogP contribution in [0.4, 0.5) is 5.95 Å². The second-order valence-corrected chi connectivity index (χ2v) is 6.97. The summed E-state index contributed by atoms with van der Waals surface area (Å²) in [6.45, 7) is 4.36. The van der Waals surface area contributed by atoms with Gasteiger partial charge in [0.25, 0.3) is 0 Å². The minimum absolute atomic E-state index is 0.932. The molecule has 2 aliphatic rings. The lowest BCUT2D eigenvalue weighted by Gasteiger charge is -2.31. The number of rotatable bonds is 2. The van der Waals surface area contributed by atoms with Gasteiger partial charge in [-0.2, -0.15) is 0 Å². The van der Waals surface area contributed by atoms with Crippen molar-refractivity contribution in [2.24, 2.45) is 0 Å². The highest BCUT2D eigenvalue weighted by Gasteiger charge is 2.25. The SMILES string of the molecule is Cc1ccc(-c2nc(N3CCC3)nc3c2CCC3)c2ccccc12. The maximum Gasteiger partial charge on any atom is 0.226 e. The molecule has 3 aromatic rings. The second kappa shape index (κ2) is 5.30. The summed E-state index contributed by atoms with van der Waals surface area (Å²) in [6.07, 6.45) is 4.65. The van der Waals surface area contributed by atoms with Crippen LogP contribution in [0.15, 0.2) is 36.4 Å². The van der Waals surface area contributed by atoms with Crippen LogP contribution in [-0.2, 0) is 12.8 Å². The molecule has 0 bridgehead atoms. The number of nitrogens with zero attached hydrogens (tertiary/aromatic N) is 3. The van der Waals surface area contributed by atoms with Gasteiger partial charge in [0.05, 0.1) is 5.69 Å². The number of hydrogen-bond acceptors (Lipinski definition) is 3. The molecule has 1 aliphatic carbocycles. The van der Waals surface area contributed by atoms with Crippen molar-refractivity contribution in [2.75, 3.05) is 18.0 Å². The maximum atomic E-state index is 5.03. The van der Waals surface area contributed by atoms with Crippen molar-refractivity contribution in [3.8, 4) is 11.3 Å². The Morgan fingerprint density at radius 3 is 2.50 bits per heavy atom. The lowest BCUT2D eigenvalue weighted by Crippen LogP contribution is -2.38. The Labute approximate surface area is 142 Å². The van der Waals surface area contributed by atoms with Gasteiger partial charge in [-0.1, -0.05) is 36.4 Å². The molecule has 0 spiro atoms. The summed E-state index contributed by atoms with van der Waals surface area (Å²) in [6, 6.07) is 13.2. The molecule has 1 aromatic heterocycles. The summed E-state index contributed by atoms with van der Waals surface area (Å²) < 4.78 is 0. The minimum Gasteiger partial charge on any atom is -0.341 e. The van der Waals surface area contributed by atoms with Crippen LogP contribution in [0.5, 0.6) is 0 Å². The average Bonchev–Trinajstić information content (AvgIpc) is 3.02. The van der Waals surface area contributed by atoms with Gasteiger partial charge in [0.15, 0.2) is 0 Å². The Kier molecular flexibility index (Phi) is 3.09. The molecule has 0 radical (unpaired) electrons. The topological polar surface area (TPSA) is 29.0 Å². The van der Waals surface area contributed by atoms with Crippen LogP contribution >= 0.6 is 0 Å². The van der Waals surface area contributed by atoms with Crippen molar-refractivity contribution in [1.82, 2.24) is 9.97 Å². The van der Waals surface area contributed by atoms with E-state index in [4.69, 9.17) is 9.97 Å². The molecule has 1 fully saturated rings. The van der Waals surface area contributed by atoms with Gasteiger partial charge in [0, 0.05) is 29.9 Å². The Hall–Kier alpha value is -2.42. The fourth-order valence-electron chi connectivity index (χ4n) is 3.96. The zero-order chi connectivity index (χ0) is 16.1. The normalized spacial score (nSPS) is 16.3. The van der Waals surface area contributed by atoms with Gasteiger partial charge in [-0.25, -0.2) is 9.97 Å². The summed E-state index contributed by atoms with van der Waals surface area (Å²) in [5.74, 6) is 0.932. The first kappa shape index (κ1) is 14.0. The molecule has 0 amide bonds. The van der Waals surface area contributed by atoms with Gasteiger partial charge in [-0.05, 0) is 48.9 Å². The average molecular weight is 315 g/mol. The first-order valence-corrected chi connectivity index (χ1v) is 8.95. The molecule has 1 aliphatic heterocycles. The summed E-state index contributed by atoms with van der Waals surface area (Å²) in [7, 11) is 0. The molecular formula is C21H21N3. The van der Waals surface area contributed by atoms with E-state index < -0.39 is 0 Å². The quantitative estimate of drug-likeness (QED) is 0.706. The number of benzene rings is 2. The molecule has 0 atom stereocenters. The first-order valence-electron chi connectivity index (χ1n) is 8.95. The van der Waals surface area contributed by atoms with Crippen molar-refractivity contribution in [1.29, 1.82) is 0 Å². The van der Waals surface area contributed by atoms with Crippen LogP contribution in [0, 0.1) is 6.92 Å². The number of fused-ring (bicyclic) bond motifs is 2. The smallest absolute Gasteiger partial charge is 0.226 e. The molecule has 24 heavy (non-hydrogen) atoms. The van der Waals surface area contributed by atoms with Gasteiger partial charge in [-0.15, -0.1) is 0 Å². The Bertz CT molecular complexity index is 941. The Morgan fingerprint density at radius 2 is 1.71 bits per heavy atom. The van der Waals surface area contributed by atoms with E-state index in [2.05, 4.69) is 48.2 Å². The van der Waals surface area contributed by atoms with Crippen LogP contribution in [0.3, 0.4) is 0 Å². The van der Waals surface area contributed by atoms with Crippen LogP contribution in [0.2, 0.25) is 0 Å². The molecule has 0 N–H and O–H groups in total. The van der Waals surface area contributed by atoms with Crippen LogP contribution in [-0.4, -0.2) is 23.1 Å². The molecule has 1 saturated heterocycles. The fourth-order valence-corrected chi connectivity index (χ4v) is 3.96. The van der Waals surface area contributed by atoms with Gasteiger partial charge < -0.3 is 4.90 Å².